The van der Waals surface area contributed by atoms with Gasteiger partial charge in [-0.05, 0) is 36.6 Å². The Balaban J connectivity index is 2.22. The van der Waals surface area contributed by atoms with Crippen molar-refractivity contribution in [3.8, 4) is 6.07 Å². The molecule has 1 aromatic rings. The molecule has 0 aliphatic rings. The molecule has 102 valence electrons. The number of ether oxygens (including phenoxy) is 1. The van der Waals surface area contributed by atoms with Crippen molar-refractivity contribution in [3.63, 3.8) is 0 Å². The van der Waals surface area contributed by atoms with E-state index in [1.807, 2.05) is 6.07 Å². The van der Waals surface area contributed by atoms with Crippen molar-refractivity contribution in [2.24, 2.45) is 5.92 Å². The second-order valence-electron chi connectivity index (χ2n) is 4.77. The van der Waals surface area contributed by atoms with Crippen LogP contribution in [0.5, 0.6) is 0 Å². The summed E-state index contributed by atoms with van der Waals surface area (Å²) < 4.78 is 5.43. The Morgan fingerprint density at radius 3 is 2.63 bits per heavy atom. The van der Waals surface area contributed by atoms with E-state index in [2.05, 4.69) is 19.2 Å². The Labute approximate surface area is 114 Å². The van der Waals surface area contributed by atoms with Crippen molar-refractivity contribution in [2.45, 2.75) is 20.3 Å². The standard InChI is InChI=1S/C15H20N2O2/c1-12(2)11-19-9-3-8-17-15(18)14-6-4-13(10-16)5-7-14/h4-7,12H,3,8-9,11H2,1-2H3,(H,17,18). The zero-order valence-corrected chi connectivity index (χ0v) is 11.5. The van der Waals surface area contributed by atoms with Crippen LogP contribution in [0.15, 0.2) is 24.3 Å². The van der Waals surface area contributed by atoms with Crippen molar-refractivity contribution in [1.29, 1.82) is 5.26 Å². The first-order valence-electron chi connectivity index (χ1n) is 6.49. The smallest absolute Gasteiger partial charge is 0.251 e. The fraction of sp³-hybridized carbons (Fsp3) is 0.467. The zero-order valence-electron chi connectivity index (χ0n) is 11.5. The highest BCUT2D eigenvalue weighted by molar-refractivity contribution is 5.94. The molecule has 0 saturated carbocycles. The zero-order chi connectivity index (χ0) is 14.1. The first kappa shape index (κ1) is 15.2. The quantitative estimate of drug-likeness (QED) is 0.765. The maximum atomic E-state index is 11.8. The molecular weight excluding hydrogens is 240 g/mol. The van der Waals surface area contributed by atoms with Gasteiger partial charge in [0.05, 0.1) is 11.6 Å². The normalized spacial score (nSPS) is 10.2. The van der Waals surface area contributed by atoms with E-state index in [4.69, 9.17) is 10.00 Å². The van der Waals surface area contributed by atoms with Crippen molar-refractivity contribution in [2.75, 3.05) is 19.8 Å². The summed E-state index contributed by atoms with van der Waals surface area (Å²) in [4.78, 5) is 11.8. The summed E-state index contributed by atoms with van der Waals surface area (Å²) in [5, 5.41) is 11.5. The molecule has 0 radical (unpaired) electrons. The van der Waals surface area contributed by atoms with E-state index >= 15 is 0 Å². The maximum Gasteiger partial charge on any atom is 0.251 e. The number of nitrogens with one attached hydrogen (secondary N) is 1. The molecule has 1 N–H and O–H groups in total. The van der Waals surface area contributed by atoms with Gasteiger partial charge in [-0.2, -0.15) is 5.26 Å². The van der Waals surface area contributed by atoms with Crippen LogP contribution in [0.4, 0.5) is 0 Å². The molecule has 0 atom stereocenters. The molecule has 4 nitrogen and oxygen atoms in total. The van der Waals surface area contributed by atoms with Crippen molar-refractivity contribution < 1.29 is 9.53 Å². The molecule has 0 spiro atoms. The molecule has 0 aliphatic heterocycles. The van der Waals surface area contributed by atoms with Crippen LogP contribution in [-0.4, -0.2) is 25.7 Å². The van der Waals surface area contributed by atoms with Crippen LogP contribution >= 0.6 is 0 Å². The summed E-state index contributed by atoms with van der Waals surface area (Å²) in [6.45, 7) is 6.21. The second kappa shape index (κ2) is 8.28. The molecule has 1 amide bonds. The van der Waals surface area contributed by atoms with E-state index in [1.54, 1.807) is 24.3 Å². The van der Waals surface area contributed by atoms with Gasteiger partial charge >= 0.3 is 0 Å². The Kier molecular flexibility index (Phi) is 6.62. The summed E-state index contributed by atoms with van der Waals surface area (Å²) in [6.07, 6.45) is 0.800. The number of hydrogen-bond donors (Lipinski definition) is 1. The highest BCUT2D eigenvalue weighted by Gasteiger charge is 2.04. The predicted octanol–water partition coefficient (Wildman–Crippen LogP) is 2.35. The van der Waals surface area contributed by atoms with Gasteiger partial charge in [-0.1, -0.05) is 13.8 Å². The summed E-state index contributed by atoms with van der Waals surface area (Å²) in [5.41, 5.74) is 1.13. The Morgan fingerprint density at radius 1 is 1.37 bits per heavy atom. The SMILES string of the molecule is CC(C)COCCCNC(=O)c1ccc(C#N)cc1. The Hall–Kier alpha value is -1.86. The number of carbonyl (C=O) groups excluding carboxylic acids is 1. The summed E-state index contributed by atoms with van der Waals surface area (Å²) >= 11 is 0. The molecule has 0 fully saturated rings. The lowest BCUT2D eigenvalue weighted by Crippen LogP contribution is -2.25. The van der Waals surface area contributed by atoms with Gasteiger partial charge in [-0.25, -0.2) is 0 Å². The number of amides is 1. The summed E-state index contributed by atoms with van der Waals surface area (Å²) in [5.74, 6) is 0.418. The lowest BCUT2D eigenvalue weighted by atomic mass is 10.1. The van der Waals surface area contributed by atoms with Gasteiger partial charge in [-0.15, -0.1) is 0 Å². The van der Waals surface area contributed by atoms with Gasteiger partial charge in [0.25, 0.3) is 5.91 Å². The van der Waals surface area contributed by atoms with Crippen LogP contribution in [0.1, 0.15) is 36.2 Å². The maximum absolute atomic E-state index is 11.8. The van der Waals surface area contributed by atoms with E-state index < -0.39 is 0 Å². The molecule has 0 aliphatic carbocycles. The highest BCUT2D eigenvalue weighted by atomic mass is 16.5. The van der Waals surface area contributed by atoms with Crippen LogP contribution < -0.4 is 5.32 Å². The minimum Gasteiger partial charge on any atom is -0.381 e. The van der Waals surface area contributed by atoms with E-state index in [0.29, 0.717) is 30.2 Å². The van der Waals surface area contributed by atoms with Crippen LogP contribution in [0.25, 0.3) is 0 Å². The molecular formula is C15H20N2O2. The summed E-state index contributed by atoms with van der Waals surface area (Å²) in [6, 6.07) is 8.61. The first-order chi connectivity index (χ1) is 9.13. The van der Waals surface area contributed by atoms with Crippen molar-refractivity contribution in [3.05, 3.63) is 35.4 Å². The van der Waals surface area contributed by atoms with Gasteiger partial charge in [-0.3, -0.25) is 4.79 Å². The van der Waals surface area contributed by atoms with Gasteiger partial charge in [0.2, 0.25) is 0 Å². The molecule has 0 heterocycles. The average molecular weight is 260 g/mol. The third-order valence-corrected chi connectivity index (χ3v) is 2.48. The predicted molar refractivity (Wildman–Crippen MR) is 73.8 cm³/mol. The van der Waals surface area contributed by atoms with E-state index in [9.17, 15) is 4.79 Å². The third-order valence-electron chi connectivity index (χ3n) is 2.48. The topological polar surface area (TPSA) is 62.1 Å². The number of hydrogen-bond acceptors (Lipinski definition) is 3. The lowest BCUT2D eigenvalue weighted by Gasteiger charge is -2.07. The van der Waals surface area contributed by atoms with Crippen LogP contribution in [0.3, 0.4) is 0 Å². The molecule has 1 aromatic carbocycles. The van der Waals surface area contributed by atoms with E-state index in [1.165, 1.54) is 0 Å². The minimum atomic E-state index is -0.117. The number of nitrogens with zero attached hydrogens (tertiary/aromatic N) is 1. The van der Waals surface area contributed by atoms with Crippen molar-refractivity contribution >= 4 is 5.91 Å². The second-order valence-corrected chi connectivity index (χ2v) is 4.77. The molecule has 1 rings (SSSR count). The van der Waals surface area contributed by atoms with Gasteiger partial charge in [0.1, 0.15) is 0 Å². The fourth-order valence-electron chi connectivity index (χ4n) is 1.49. The average Bonchev–Trinajstić information content (AvgIpc) is 2.42. The van der Waals surface area contributed by atoms with Gasteiger partial charge in [0.15, 0.2) is 0 Å². The third kappa shape index (κ3) is 6.03. The molecule has 0 aromatic heterocycles. The molecule has 4 heteroatoms. The fourth-order valence-corrected chi connectivity index (χ4v) is 1.49. The van der Waals surface area contributed by atoms with Crippen molar-refractivity contribution in [1.82, 2.24) is 5.32 Å². The van der Waals surface area contributed by atoms with Crippen LogP contribution in [0.2, 0.25) is 0 Å². The van der Waals surface area contributed by atoms with Crippen LogP contribution in [-0.2, 0) is 4.74 Å². The number of rotatable bonds is 7. The number of nitriles is 1. The van der Waals surface area contributed by atoms with Gasteiger partial charge < -0.3 is 10.1 Å². The number of benzene rings is 1. The molecule has 19 heavy (non-hydrogen) atoms. The van der Waals surface area contributed by atoms with E-state index in [-0.39, 0.29) is 5.91 Å². The monoisotopic (exact) mass is 260 g/mol. The molecule has 0 bridgehead atoms. The minimum absolute atomic E-state index is 0.117. The largest absolute Gasteiger partial charge is 0.381 e. The molecule has 0 unspecified atom stereocenters. The highest BCUT2D eigenvalue weighted by Crippen LogP contribution is 2.03. The summed E-state index contributed by atoms with van der Waals surface area (Å²) in [7, 11) is 0. The Morgan fingerprint density at radius 2 is 2.05 bits per heavy atom. The first-order valence-corrected chi connectivity index (χ1v) is 6.49. The molecule has 0 saturated heterocycles. The van der Waals surface area contributed by atoms with Crippen LogP contribution in [0, 0.1) is 17.2 Å². The Bertz CT molecular complexity index is 432. The lowest BCUT2D eigenvalue weighted by molar-refractivity contribution is 0.0925. The number of carbonyl (C=O) groups is 1. The van der Waals surface area contributed by atoms with Gasteiger partial charge in [0, 0.05) is 25.3 Å². The van der Waals surface area contributed by atoms with E-state index in [0.717, 1.165) is 13.0 Å².